The molecule has 16 heavy (non-hydrogen) atoms. The van der Waals surface area contributed by atoms with Gasteiger partial charge in [0.1, 0.15) is 0 Å². The van der Waals surface area contributed by atoms with Gasteiger partial charge in [-0.05, 0) is 25.1 Å². The van der Waals surface area contributed by atoms with E-state index < -0.39 is 6.10 Å². The topological polar surface area (TPSA) is 59.1 Å². The first kappa shape index (κ1) is 11.3. The molecule has 0 radical (unpaired) electrons. The van der Waals surface area contributed by atoms with E-state index in [-0.39, 0.29) is 0 Å². The minimum atomic E-state index is -0.656. The molecule has 84 valence electrons. The van der Waals surface area contributed by atoms with Crippen LogP contribution in [0.1, 0.15) is 18.1 Å². The number of benzene rings is 1. The number of rotatable bonds is 3. The van der Waals surface area contributed by atoms with Gasteiger partial charge in [-0.2, -0.15) is 0 Å². The molecule has 0 saturated carbocycles. The molecule has 0 aliphatic rings. The van der Waals surface area contributed by atoms with E-state index in [4.69, 9.17) is 17.3 Å². The number of aliphatic hydroxyl groups is 1. The summed E-state index contributed by atoms with van der Waals surface area (Å²) in [6.07, 6.45) is 1.52. The van der Waals surface area contributed by atoms with Crippen molar-refractivity contribution in [3.05, 3.63) is 41.0 Å². The Hall–Kier alpha value is -1.16. The van der Waals surface area contributed by atoms with E-state index in [1.807, 2.05) is 18.2 Å². The lowest BCUT2D eigenvalue weighted by molar-refractivity contribution is 0.172. The summed E-state index contributed by atoms with van der Waals surface area (Å²) in [5, 5.41) is 11.5. The van der Waals surface area contributed by atoms with Gasteiger partial charge in [-0.1, -0.05) is 23.7 Å². The SMILES string of the molecule is NCC[C@@H](O)c1c(Cl)ccc2cccnc12. The van der Waals surface area contributed by atoms with Crippen molar-refractivity contribution in [3.8, 4) is 0 Å². The summed E-state index contributed by atoms with van der Waals surface area (Å²) in [5.74, 6) is 0. The van der Waals surface area contributed by atoms with Crippen LogP contribution in [0.2, 0.25) is 5.02 Å². The van der Waals surface area contributed by atoms with E-state index in [0.29, 0.717) is 23.6 Å². The second-order valence-corrected chi connectivity index (χ2v) is 4.04. The Balaban J connectivity index is 2.61. The average Bonchev–Trinajstić information content (AvgIpc) is 2.29. The van der Waals surface area contributed by atoms with Crippen LogP contribution in [0.25, 0.3) is 10.9 Å². The van der Waals surface area contributed by atoms with Crippen molar-refractivity contribution >= 4 is 22.5 Å². The molecule has 0 aliphatic heterocycles. The number of aromatic nitrogens is 1. The maximum Gasteiger partial charge on any atom is 0.0837 e. The molecule has 0 bridgehead atoms. The Kier molecular flexibility index (Phi) is 3.39. The van der Waals surface area contributed by atoms with Gasteiger partial charge in [0.25, 0.3) is 0 Å². The number of pyridine rings is 1. The second kappa shape index (κ2) is 4.78. The Morgan fingerprint density at radius 1 is 1.38 bits per heavy atom. The monoisotopic (exact) mass is 236 g/mol. The van der Waals surface area contributed by atoms with E-state index in [9.17, 15) is 5.11 Å². The molecule has 2 rings (SSSR count). The molecule has 3 N–H and O–H groups in total. The first-order valence-corrected chi connectivity index (χ1v) is 5.53. The van der Waals surface area contributed by atoms with Crippen molar-refractivity contribution in [2.24, 2.45) is 5.73 Å². The molecule has 0 saturated heterocycles. The normalized spacial score (nSPS) is 12.9. The van der Waals surface area contributed by atoms with Gasteiger partial charge in [-0.3, -0.25) is 4.98 Å². The minimum Gasteiger partial charge on any atom is -0.388 e. The zero-order chi connectivity index (χ0) is 11.5. The summed E-state index contributed by atoms with van der Waals surface area (Å²) in [7, 11) is 0. The molecule has 0 aliphatic carbocycles. The van der Waals surface area contributed by atoms with Gasteiger partial charge < -0.3 is 10.8 Å². The molecule has 1 aromatic heterocycles. The van der Waals surface area contributed by atoms with Crippen LogP contribution >= 0.6 is 11.6 Å². The number of halogens is 1. The zero-order valence-electron chi connectivity index (χ0n) is 8.73. The third-order valence-electron chi connectivity index (χ3n) is 2.53. The van der Waals surface area contributed by atoms with Gasteiger partial charge in [0.05, 0.1) is 11.6 Å². The summed E-state index contributed by atoms with van der Waals surface area (Å²) < 4.78 is 0. The lowest BCUT2D eigenvalue weighted by atomic mass is 10.0. The van der Waals surface area contributed by atoms with Crippen molar-refractivity contribution in [1.29, 1.82) is 0 Å². The maximum atomic E-state index is 9.99. The summed E-state index contributed by atoms with van der Waals surface area (Å²) >= 11 is 6.09. The van der Waals surface area contributed by atoms with Crippen LogP contribution in [-0.2, 0) is 0 Å². The summed E-state index contributed by atoms with van der Waals surface area (Å²) in [6.45, 7) is 0.417. The van der Waals surface area contributed by atoms with E-state index >= 15 is 0 Å². The van der Waals surface area contributed by atoms with Crippen LogP contribution in [0.4, 0.5) is 0 Å². The van der Waals surface area contributed by atoms with Crippen molar-refractivity contribution in [2.45, 2.75) is 12.5 Å². The summed E-state index contributed by atoms with van der Waals surface area (Å²) in [4.78, 5) is 4.26. The number of hydrogen-bond donors (Lipinski definition) is 2. The van der Waals surface area contributed by atoms with E-state index in [1.54, 1.807) is 12.3 Å². The lowest BCUT2D eigenvalue weighted by Gasteiger charge is -2.13. The molecular weight excluding hydrogens is 224 g/mol. The Morgan fingerprint density at radius 2 is 2.19 bits per heavy atom. The molecule has 1 atom stereocenters. The Bertz CT molecular complexity index is 501. The van der Waals surface area contributed by atoms with Crippen LogP contribution < -0.4 is 5.73 Å². The zero-order valence-corrected chi connectivity index (χ0v) is 9.48. The molecule has 3 nitrogen and oxygen atoms in total. The van der Waals surface area contributed by atoms with Crippen LogP contribution in [0, 0.1) is 0 Å². The summed E-state index contributed by atoms with van der Waals surface area (Å²) in [6, 6.07) is 7.47. The van der Waals surface area contributed by atoms with Gasteiger partial charge in [0.15, 0.2) is 0 Å². The standard InChI is InChI=1S/C12H13ClN2O/c13-9-4-3-8-2-1-7-15-12(8)11(9)10(16)5-6-14/h1-4,7,10,16H,5-6,14H2/t10-/m1/s1. The maximum absolute atomic E-state index is 9.99. The number of nitrogens with zero attached hydrogens (tertiary/aromatic N) is 1. The average molecular weight is 237 g/mol. The lowest BCUT2D eigenvalue weighted by Crippen LogP contribution is -2.08. The predicted molar refractivity (Wildman–Crippen MR) is 65.4 cm³/mol. The third-order valence-corrected chi connectivity index (χ3v) is 2.86. The predicted octanol–water partition coefficient (Wildman–Crippen LogP) is 2.27. The van der Waals surface area contributed by atoms with Gasteiger partial charge in [0, 0.05) is 22.2 Å². The van der Waals surface area contributed by atoms with Crippen molar-refractivity contribution in [3.63, 3.8) is 0 Å². The fraction of sp³-hybridized carbons (Fsp3) is 0.250. The Morgan fingerprint density at radius 3 is 2.94 bits per heavy atom. The molecule has 2 aromatic rings. The smallest absolute Gasteiger partial charge is 0.0837 e. The quantitative estimate of drug-likeness (QED) is 0.860. The second-order valence-electron chi connectivity index (χ2n) is 3.63. The molecule has 0 unspecified atom stereocenters. The van der Waals surface area contributed by atoms with Crippen LogP contribution in [-0.4, -0.2) is 16.6 Å². The van der Waals surface area contributed by atoms with Crippen LogP contribution in [0.5, 0.6) is 0 Å². The molecule has 0 spiro atoms. The van der Waals surface area contributed by atoms with Crippen molar-refractivity contribution in [1.82, 2.24) is 4.98 Å². The van der Waals surface area contributed by atoms with Gasteiger partial charge in [-0.25, -0.2) is 0 Å². The number of nitrogens with two attached hydrogens (primary N) is 1. The fourth-order valence-electron chi connectivity index (χ4n) is 1.76. The van der Waals surface area contributed by atoms with E-state index in [0.717, 1.165) is 10.9 Å². The molecule has 1 heterocycles. The Labute approximate surface area is 98.9 Å². The number of aliphatic hydroxyl groups excluding tert-OH is 1. The number of fused-ring (bicyclic) bond motifs is 1. The van der Waals surface area contributed by atoms with Crippen LogP contribution in [0.3, 0.4) is 0 Å². The highest BCUT2D eigenvalue weighted by molar-refractivity contribution is 6.32. The molecule has 0 amide bonds. The van der Waals surface area contributed by atoms with Crippen LogP contribution in [0.15, 0.2) is 30.5 Å². The molecule has 0 fully saturated rings. The third kappa shape index (κ3) is 2.02. The summed E-state index contributed by atoms with van der Waals surface area (Å²) in [5.41, 5.74) is 6.86. The first-order valence-electron chi connectivity index (χ1n) is 5.15. The first-order chi connectivity index (χ1) is 7.74. The molecule has 4 heteroatoms. The highest BCUT2D eigenvalue weighted by Crippen LogP contribution is 2.31. The highest BCUT2D eigenvalue weighted by Gasteiger charge is 2.15. The van der Waals surface area contributed by atoms with E-state index in [1.165, 1.54) is 0 Å². The molecule has 1 aromatic carbocycles. The fourth-order valence-corrected chi connectivity index (χ4v) is 2.04. The van der Waals surface area contributed by atoms with Gasteiger partial charge in [0.2, 0.25) is 0 Å². The molecular formula is C12H13ClN2O. The van der Waals surface area contributed by atoms with Crippen molar-refractivity contribution in [2.75, 3.05) is 6.54 Å². The van der Waals surface area contributed by atoms with Gasteiger partial charge in [-0.15, -0.1) is 0 Å². The minimum absolute atomic E-state index is 0.417. The largest absolute Gasteiger partial charge is 0.388 e. The van der Waals surface area contributed by atoms with E-state index in [2.05, 4.69) is 4.98 Å². The highest BCUT2D eigenvalue weighted by atomic mass is 35.5. The number of hydrogen-bond acceptors (Lipinski definition) is 3. The van der Waals surface area contributed by atoms with Gasteiger partial charge >= 0.3 is 0 Å². The van der Waals surface area contributed by atoms with Crippen molar-refractivity contribution < 1.29 is 5.11 Å².